The summed E-state index contributed by atoms with van der Waals surface area (Å²) in [6.45, 7) is -0.468. The molecule has 6 aromatic rings. The third-order valence-electron chi connectivity index (χ3n) is 12.7. The summed E-state index contributed by atoms with van der Waals surface area (Å²) in [5, 5.41) is 12.3. The van der Waals surface area contributed by atoms with Crippen molar-refractivity contribution in [2.24, 2.45) is 13.0 Å². The number of phenolic OH excluding ortho intramolecular Hbond substituents is 1. The normalized spacial score (nSPS) is 20.2. The summed E-state index contributed by atoms with van der Waals surface area (Å²) < 4.78 is 61.8. The molecule has 22 heteroatoms. The van der Waals surface area contributed by atoms with Crippen molar-refractivity contribution in [1.29, 1.82) is 0 Å². The number of aromatic hydroxyl groups is 1. The van der Waals surface area contributed by atoms with Gasteiger partial charge in [0.2, 0.25) is 0 Å². The lowest BCUT2D eigenvalue weighted by atomic mass is 9.53. The van der Waals surface area contributed by atoms with Crippen LogP contribution in [0.4, 0.5) is 19.0 Å². The summed E-state index contributed by atoms with van der Waals surface area (Å²) in [7, 11) is 5.80. The number of hydrazine groups is 1. The standard InChI is InChI=1S/C44H37Cl2F3N8O9/c1-53-31-19-34(66-4)33(65-3)18-29(31)51-28(39(53)60)13-14-54-41(62)55-15-12-24-30(57(55)42(54)63)17-26-38(59)56(52-37-27(46)16-22(20-50-37)44(47,48)49)40(61)43(26,21-8-10-23(45)11-9-21)35(24)25-6-5-7-32(64-2)36(25)58/h5-12,16,18-20,26,30,35,58H,13-15,17H2,1-4H3,(H,50,52). The molecule has 17 nitrogen and oxygen atoms in total. The quantitative estimate of drug-likeness (QED) is 0.132. The average Bonchev–Trinajstić information content (AvgIpc) is 3.67. The first-order chi connectivity index (χ1) is 31.5. The number of amides is 2. The number of rotatable bonds is 10. The molecule has 3 aromatic heterocycles. The summed E-state index contributed by atoms with van der Waals surface area (Å²) in [4.78, 5) is 81.3. The molecule has 4 atom stereocenters. The molecule has 2 fully saturated rings. The van der Waals surface area contributed by atoms with E-state index in [1.54, 1.807) is 49.5 Å². The van der Waals surface area contributed by atoms with Gasteiger partial charge in [-0.15, -0.1) is 0 Å². The van der Waals surface area contributed by atoms with Crippen molar-refractivity contribution in [2.75, 3.05) is 26.8 Å². The van der Waals surface area contributed by atoms with Gasteiger partial charge in [0.05, 0.1) is 66.9 Å². The Labute approximate surface area is 380 Å². The number of aryl methyl sites for hydroxylation is 2. The number of anilines is 1. The molecule has 1 aliphatic carbocycles. The van der Waals surface area contributed by atoms with E-state index in [4.69, 9.17) is 37.4 Å². The fourth-order valence-corrected chi connectivity index (χ4v) is 9.99. The minimum absolute atomic E-state index is 0.0209. The Morgan fingerprint density at radius 1 is 0.924 bits per heavy atom. The van der Waals surface area contributed by atoms with Gasteiger partial charge in [-0.3, -0.25) is 19.8 Å². The Bertz CT molecular complexity index is 3240. The Hall–Kier alpha value is -7.06. The SMILES string of the molecule is COc1cc2nc(CCn3c(=O)n4n(c3=O)C3CC5C(=O)N(Nc6ncc(C(F)(F)F)cc6Cl)C(=O)C5(c5ccc(Cl)cc5)C(c5cccc(OC)c5O)C3=CC4)c(=O)n(C)c2cc1OC. The highest BCUT2D eigenvalue weighted by Gasteiger charge is 2.69. The van der Waals surface area contributed by atoms with E-state index >= 15 is 4.79 Å². The van der Waals surface area contributed by atoms with Crippen LogP contribution in [0.15, 0.2) is 92.9 Å². The molecule has 3 aromatic carbocycles. The number of nitrogens with zero attached hydrogens (tertiary/aromatic N) is 7. The summed E-state index contributed by atoms with van der Waals surface area (Å²) in [5.41, 5.74) is -0.868. The number of fused-ring (bicyclic) bond motifs is 5. The number of aromatic nitrogens is 6. The van der Waals surface area contributed by atoms with Gasteiger partial charge in [0, 0.05) is 54.8 Å². The summed E-state index contributed by atoms with van der Waals surface area (Å²) in [5.74, 6) is -4.47. The number of allylic oxidation sites excluding steroid dienone is 2. The van der Waals surface area contributed by atoms with Gasteiger partial charge in [0.15, 0.2) is 28.8 Å². The van der Waals surface area contributed by atoms with Gasteiger partial charge in [0.1, 0.15) is 5.69 Å². The van der Waals surface area contributed by atoms with E-state index in [1.165, 1.54) is 53.5 Å². The van der Waals surface area contributed by atoms with E-state index in [1.807, 2.05) is 0 Å². The molecule has 1 saturated heterocycles. The van der Waals surface area contributed by atoms with Crippen LogP contribution in [0.25, 0.3) is 11.0 Å². The van der Waals surface area contributed by atoms with E-state index < -0.39 is 74.6 Å². The second-order valence-corrected chi connectivity index (χ2v) is 16.7. The number of hydrogen-bond donors (Lipinski definition) is 2. The number of phenols is 1. The topological polar surface area (TPSA) is 194 Å². The highest BCUT2D eigenvalue weighted by atomic mass is 35.5. The number of pyridine rings is 1. The summed E-state index contributed by atoms with van der Waals surface area (Å²) in [6, 6.07) is 13.5. The van der Waals surface area contributed by atoms with Crippen molar-refractivity contribution in [3.63, 3.8) is 0 Å². The van der Waals surface area contributed by atoms with Gasteiger partial charge in [-0.2, -0.15) is 18.2 Å². The number of imide groups is 1. The first-order valence-corrected chi connectivity index (χ1v) is 20.9. The number of ether oxygens (including phenoxy) is 3. The van der Waals surface area contributed by atoms with Gasteiger partial charge in [-0.25, -0.2) is 33.5 Å². The van der Waals surface area contributed by atoms with Gasteiger partial charge in [0.25, 0.3) is 17.4 Å². The number of alkyl halides is 3. The van der Waals surface area contributed by atoms with Crippen LogP contribution in [0, 0.1) is 5.92 Å². The summed E-state index contributed by atoms with van der Waals surface area (Å²) >= 11 is 12.6. The number of halogens is 5. The van der Waals surface area contributed by atoms with Crippen molar-refractivity contribution < 1.29 is 42.1 Å². The molecule has 66 heavy (non-hydrogen) atoms. The molecule has 342 valence electrons. The third-order valence-corrected chi connectivity index (χ3v) is 13.2. The van der Waals surface area contributed by atoms with Crippen molar-refractivity contribution in [2.45, 2.75) is 49.5 Å². The first kappa shape index (κ1) is 44.2. The predicted octanol–water partition coefficient (Wildman–Crippen LogP) is 5.37. The van der Waals surface area contributed by atoms with Gasteiger partial charge in [-0.1, -0.05) is 53.5 Å². The van der Waals surface area contributed by atoms with Crippen molar-refractivity contribution in [1.82, 2.24) is 33.5 Å². The molecular weight excluding hydrogens is 912 g/mol. The number of hydrogen-bond acceptors (Lipinski definition) is 12. The predicted molar refractivity (Wildman–Crippen MR) is 232 cm³/mol. The van der Waals surface area contributed by atoms with E-state index in [0.717, 1.165) is 4.57 Å². The second-order valence-electron chi connectivity index (χ2n) is 15.9. The van der Waals surface area contributed by atoms with Crippen LogP contribution in [-0.2, 0) is 47.7 Å². The zero-order valence-electron chi connectivity index (χ0n) is 35.2. The number of nitrogens with one attached hydrogen (secondary N) is 1. The minimum atomic E-state index is -4.80. The molecule has 2 amide bonds. The van der Waals surface area contributed by atoms with Crippen LogP contribution < -0.4 is 36.6 Å². The highest BCUT2D eigenvalue weighted by Crippen LogP contribution is 2.63. The number of benzene rings is 3. The van der Waals surface area contributed by atoms with Crippen molar-refractivity contribution >= 4 is 51.9 Å². The lowest BCUT2D eigenvalue weighted by Gasteiger charge is -2.49. The number of carbonyl (C=O) groups excluding carboxylic acids is 2. The van der Waals surface area contributed by atoms with Crippen LogP contribution in [0.1, 0.15) is 40.8 Å². The maximum atomic E-state index is 15.5. The van der Waals surface area contributed by atoms with Crippen LogP contribution in [0.5, 0.6) is 23.0 Å². The van der Waals surface area contributed by atoms with Crippen LogP contribution >= 0.6 is 23.2 Å². The monoisotopic (exact) mass is 948 g/mol. The van der Waals surface area contributed by atoms with Crippen molar-refractivity contribution in [3.05, 3.63) is 142 Å². The van der Waals surface area contributed by atoms with E-state index in [2.05, 4.69) is 15.4 Å². The van der Waals surface area contributed by atoms with Crippen LogP contribution in [0.2, 0.25) is 10.0 Å². The molecule has 2 aliphatic heterocycles. The van der Waals surface area contributed by atoms with Crippen LogP contribution in [-0.4, -0.2) is 71.7 Å². The second kappa shape index (κ2) is 16.1. The zero-order chi connectivity index (χ0) is 47.1. The fourth-order valence-electron chi connectivity index (χ4n) is 9.65. The van der Waals surface area contributed by atoms with Crippen molar-refractivity contribution in [3.8, 4) is 23.0 Å². The Kier molecular flexibility index (Phi) is 10.8. The Balaban J connectivity index is 1.18. The molecule has 9 rings (SSSR count). The average molecular weight is 950 g/mol. The number of methoxy groups -OCH3 is 3. The number of para-hydroxylation sites is 1. The number of carbonyl (C=O) groups is 2. The smallest absolute Gasteiger partial charge is 0.417 e. The largest absolute Gasteiger partial charge is 0.504 e. The molecule has 1 saturated carbocycles. The molecule has 0 radical (unpaired) electrons. The molecule has 0 spiro atoms. The molecule has 0 bridgehead atoms. The Morgan fingerprint density at radius 3 is 2.29 bits per heavy atom. The summed E-state index contributed by atoms with van der Waals surface area (Å²) in [6.07, 6.45) is -3.05. The minimum Gasteiger partial charge on any atom is -0.504 e. The lowest BCUT2D eigenvalue weighted by Crippen LogP contribution is -2.53. The Morgan fingerprint density at radius 2 is 1.62 bits per heavy atom. The molecule has 5 heterocycles. The zero-order valence-corrected chi connectivity index (χ0v) is 36.7. The fraction of sp³-hybridized carbons (Fsp3) is 0.295. The van der Waals surface area contributed by atoms with E-state index in [-0.39, 0.29) is 54.3 Å². The molecule has 2 N–H and O–H groups in total. The molecule has 3 aliphatic rings. The van der Waals surface area contributed by atoms with Crippen LogP contribution in [0.3, 0.4) is 0 Å². The first-order valence-electron chi connectivity index (χ1n) is 20.2. The maximum absolute atomic E-state index is 15.5. The third kappa shape index (κ3) is 6.63. The van der Waals surface area contributed by atoms with Gasteiger partial charge >= 0.3 is 17.6 Å². The van der Waals surface area contributed by atoms with E-state index in [0.29, 0.717) is 50.4 Å². The van der Waals surface area contributed by atoms with E-state index in [9.17, 15) is 37.5 Å². The highest BCUT2D eigenvalue weighted by molar-refractivity contribution is 6.33. The maximum Gasteiger partial charge on any atom is 0.417 e. The lowest BCUT2D eigenvalue weighted by molar-refractivity contribution is -0.139. The molecular formula is C44H37Cl2F3N8O9. The molecule has 4 unspecified atom stereocenters. The van der Waals surface area contributed by atoms with Gasteiger partial charge < -0.3 is 23.9 Å². The van der Waals surface area contributed by atoms with Gasteiger partial charge in [-0.05, 0) is 41.8 Å².